The van der Waals surface area contributed by atoms with Gasteiger partial charge in [-0.3, -0.25) is 4.79 Å². The van der Waals surface area contributed by atoms with Crippen LogP contribution in [0.3, 0.4) is 0 Å². The zero-order valence-corrected chi connectivity index (χ0v) is 8.04. The van der Waals surface area contributed by atoms with E-state index in [1.54, 1.807) is 0 Å². The van der Waals surface area contributed by atoms with Gasteiger partial charge in [-0.1, -0.05) is 13.5 Å². The summed E-state index contributed by atoms with van der Waals surface area (Å²) in [7, 11) is 0. The molecule has 0 radical (unpaired) electrons. The van der Waals surface area contributed by atoms with E-state index >= 15 is 0 Å². The maximum atomic E-state index is 10.9. The van der Waals surface area contributed by atoms with E-state index in [-0.39, 0.29) is 6.42 Å². The predicted octanol–water partition coefficient (Wildman–Crippen LogP) is 2.22. The molecule has 1 atom stereocenters. The van der Waals surface area contributed by atoms with Crippen molar-refractivity contribution in [2.45, 2.75) is 26.1 Å². The van der Waals surface area contributed by atoms with Gasteiger partial charge in [0.1, 0.15) is 0 Å². The molecule has 74 valence electrons. The fraction of sp³-hybridized carbons (Fsp3) is 0.500. The van der Waals surface area contributed by atoms with E-state index in [2.05, 4.69) is 16.1 Å². The average Bonchev–Trinajstić information content (AvgIpc) is 2.02. The smallest absolute Gasteiger partial charge is 0.407 e. The number of hydrogen-bond donors (Lipinski definition) is 0. The Morgan fingerprint density at radius 2 is 2.15 bits per heavy atom. The third-order valence-electron chi connectivity index (χ3n) is 1.10. The Hall–Kier alpha value is -1.03. The molecule has 1 unspecified atom stereocenters. The van der Waals surface area contributed by atoms with Crippen molar-refractivity contribution in [1.82, 2.24) is 0 Å². The molecule has 0 aliphatic rings. The highest BCUT2D eigenvalue weighted by Crippen LogP contribution is 2.03. The summed E-state index contributed by atoms with van der Waals surface area (Å²) < 4.78 is 9.05. The minimum absolute atomic E-state index is 0.268. The van der Waals surface area contributed by atoms with Crippen molar-refractivity contribution >= 4 is 23.0 Å². The van der Waals surface area contributed by atoms with Crippen LogP contribution in [0.4, 0.5) is 4.79 Å². The highest BCUT2D eigenvalue weighted by Gasteiger charge is 2.13. The summed E-state index contributed by atoms with van der Waals surface area (Å²) in [5.74, 6) is -0.453. The fourth-order valence-electron chi connectivity index (χ4n) is 0.604. The Bertz CT molecular complexity index is 202. The van der Waals surface area contributed by atoms with Gasteiger partial charge in [-0.25, -0.2) is 4.79 Å². The van der Waals surface area contributed by atoms with Crippen LogP contribution in [0.15, 0.2) is 12.7 Å². The van der Waals surface area contributed by atoms with Gasteiger partial charge < -0.3 is 9.47 Å². The Morgan fingerprint density at radius 1 is 1.54 bits per heavy atom. The molecule has 0 N–H and O–H groups in total. The molecule has 4 nitrogen and oxygen atoms in total. The molecule has 0 aromatic heterocycles. The molecule has 0 fully saturated rings. The SMILES string of the molecule is C=CC(OC(=O)Cl)OC(=O)CCC. The lowest BCUT2D eigenvalue weighted by atomic mass is 10.3. The van der Waals surface area contributed by atoms with Crippen LogP contribution in [-0.2, 0) is 14.3 Å². The van der Waals surface area contributed by atoms with E-state index in [0.29, 0.717) is 6.42 Å². The average molecular weight is 207 g/mol. The number of hydrogen-bond acceptors (Lipinski definition) is 4. The monoisotopic (exact) mass is 206 g/mol. The summed E-state index contributed by atoms with van der Waals surface area (Å²) in [6.45, 7) is 5.15. The minimum atomic E-state index is -1.09. The first kappa shape index (κ1) is 12.0. The Balaban J connectivity index is 3.90. The van der Waals surface area contributed by atoms with Crippen molar-refractivity contribution in [1.29, 1.82) is 0 Å². The molecule has 0 aromatic carbocycles. The van der Waals surface area contributed by atoms with Gasteiger partial charge in [0.25, 0.3) is 6.29 Å². The maximum absolute atomic E-state index is 10.9. The number of halogens is 1. The third kappa shape index (κ3) is 6.16. The Labute approximate surface area is 81.5 Å². The first-order chi connectivity index (χ1) is 6.10. The van der Waals surface area contributed by atoms with E-state index in [9.17, 15) is 9.59 Å². The molecule has 0 heterocycles. The number of carbonyl (C=O) groups is 2. The second kappa shape index (κ2) is 6.48. The zero-order valence-electron chi connectivity index (χ0n) is 7.29. The Kier molecular flexibility index (Phi) is 5.97. The molecule has 5 heteroatoms. The number of carbonyl (C=O) groups excluding carboxylic acids is 2. The summed E-state index contributed by atoms with van der Waals surface area (Å²) in [5.41, 5.74) is -1.03. The van der Waals surface area contributed by atoms with Crippen molar-refractivity contribution in [3.8, 4) is 0 Å². The van der Waals surface area contributed by atoms with Crippen molar-refractivity contribution in [2.24, 2.45) is 0 Å². The number of esters is 1. The normalized spacial score (nSPS) is 11.5. The van der Waals surface area contributed by atoms with Crippen molar-refractivity contribution in [2.75, 3.05) is 0 Å². The number of rotatable bonds is 5. The summed E-state index contributed by atoms with van der Waals surface area (Å²) in [6, 6.07) is 0. The molecule has 0 saturated carbocycles. The lowest BCUT2D eigenvalue weighted by Gasteiger charge is -2.11. The predicted molar refractivity (Wildman–Crippen MR) is 47.3 cm³/mol. The van der Waals surface area contributed by atoms with Crippen molar-refractivity contribution in [3.63, 3.8) is 0 Å². The second-order valence-corrected chi connectivity index (χ2v) is 2.51. The fourth-order valence-corrected chi connectivity index (χ4v) is 0.692. The van der Waals surface area contributed by atoms with Gasteiger partial charge in [0, 0.05) is 18.0 Å². The van der Waals surface area contributed by atoms with Crippen LogP contribution >= 0.6 is 11.6 Å². The number of ether oxygens (including phenoxy) is 2. The molecule has 0 rings (SSSR count). The van der Waals surface area contributed by atoms with Gasteiger partial charge in [0.05, 0.1) is 0 Å². The van der Waals surface area contributed by atoms with Gasteiger partial charge in [0.15, 0.2) is 0 Å². The van der Waals surface area contributed by atoms with Crippen LogP contribution in [0.2, 0.25) is 0 Å². The highest BCUT2D eigenvalue weighted by molar-refractivity contribution is 6.61. The molecule has 0 bridgehead atoms. The largest absolute Gasteiger partial charge is 0.421 e. The van der Waals surface area contributed by atoms with E-state index in [1.807, 2.05) is 6.92 Å². The van der Waals surface area contributed by atoms with Gasteiger partial charge in [-0.2, -0.15) is 0 Å². The van der Waals surface area contributed by atoms with Gasteiger partial charge in [0.2, 0.25) is 0 Å². The lowest BCUT2D eigenvalue weighted by Crippen LogP contribution is -2.19. The molecule has 0 amide bonds. The van der Waals surface area contributed by atoms with Crippen LogP contribution < -0.4 is 0 Å². The van der Waals surface area contributed by atoms with Crippen molar-refractivity contribution in [3.05, 3.63) is 12.7 Å². The molecule has 0 saturated heterocycles. The summed E-state index contributed by atoms with van der Waals surface area (Å²) >= 11 is 4.91. The quantitative estimate of drug-likeness (QED) is 0.300. The van der Waals surface area contributed by atoms with Crippen LogP contribution in [0.1, 0.15) is 19.8 Å². The van der Waals surface area contributed by atoms with Crippen LogP contribution in [0.25, 0.3) is 0 Å². The summed E-state index contributed by atoms with van der Waals surface area (Å²) in [5, 5.41) is 0. The molecule has 0 aromatic rings. The summed E-state index contributed by atoms with van der Waals surface area (Å²) in [4.78, 5) is 21.1. The molecular weight excluding hydrogens is 196 g/mol. The highest BCUT2D eigenvalue weighted by atomic mass is 35.5. The first-order valence-electron chi connectivity index (χ1n) is 3.78. The molecule has 0 spiro atoms. The van der Waals surface area contributed by atoms with Gasteiger partial charge in [-0.05, 0) is 12.5 Å². The maximum Gasteiger partial charge on any atom is 0.407 e. The molecule has 0 aliphatic carbocycles. The Morgan fingerprint density at radius 3 is 2.54 bits per heavy atom. The van der Waals surface area contributed by atoms with Crippen LogP contribution in [0.5, 0.6) is 0 Å². The van der Waals surface area contributed by atoms with Crippen molar-refractivity contribution < 1.29 is 19.1 Å². The molecule has 13 heavy (non-hydrogen) atoms. The van der Waals surface area contributed by atoms with Crippen LogP contribution in [0, 0.1) is 0 Å². The lowest BCUT2D eigenvalue weighted by molar-refractivity contribution is -0.159. The van der Waals surface area contributed by atoms with E-state index in [4.69, 9.17) is 11.6 Å². The minimum Gasteiger partial charge on any atom is -0.421 e. The second-order valence-electron chi connectivity index (χ2n) is 2.20. The van der Waals surface area contributed by atoms with Gasteiger partial charge >= 0.3 is 11.4 Å². The van der Waals surface area contributed by atoms with Crippen LogP contribution in [-0.4, -0.2) is 17.7 Å². The van der Waals surface area contributed by atoms with E-state index in [0.717, 1.165) is 0 Å². The molecular formula is C8H11ClO4. The first-order valence-corrected chi connectivity index (χ1v) is 4.16. The van der Waals surface area contributed by atoms with E-state index < -0.39 is 17.7 Å². The van der Waals surface area contributed by atoms with E-state index in [1.165, 1.54) is 6.08 Å². The topological polar surface area (TPSA) is 52.6 Å². The summed E-state index contributed by atoms with van der Waals surface area (Å²) in [6.07, 6.45) is 1.01. The standard InChI is InChI=1S/C8H11ClO4/c1-3-5-6(10)12-7(4-2)13-8(9)11/h4,7H,2-3,5H2,1H3. The third-order valence-corrected chi connectivity index (χ3v) is 1.19. The van der Waals surface area contributed by atoms with Gasteiger partial charge in [-0.15, -0.1) is 0 Å². The molecule has 0 aliphatic heterocycles. The zero-order chi connectivity index (χ0) is 10.3.